The number of nitrogens with zero attached hydrogens (tertiary/aromatic N) is 1. The number of hydrogen-bond donors (Lipinski definition) is 2. The molecule has 45 heavy (non-hydrogen) atoms. The third kappa shape index (κ3) is 7.52. The SMILES string of the molecule is C=C[C@@H]1C[C@]1(NC(=O)[C@@H]1CN(C(=O)OC(C)(C)C)C[C@@H]2CCCC[C@@H]21)C(=O)NS(=O)(=O)c1cccc(OCc2ccccc2)c1. The Morgan fingerprint density at radius 1 is 1.04 bits per heavy atom. The molecule has 2 aromatic carbocycles. The maximum Gasteiger partial charge on any atom is 0.410 e. The van der Waals surface area contributed by atoms with E-state index in [2.05, 4.69) is 16.6 Å². The first-order chi connectivity index (χ1) is 21.3. The molecule has 0 bridgehead atoms. The summed E-state index contributed by atoms with van der Waals surface area (Å²) in [5.41, 5.74) is -1.20. The Morgan fingerprint density at radius 2 is 1.78 bits per heavy atom. The molecule has 2 N–H and O–H groups in total. The van der Waals surface area contributed by atoms with Gasteiger partial charge in [-0.25, -0.2) is 17.9 Å². The zero-order valence-electron chi connectivity index (χ0n) is 26.2. The predicted molar refractivity (Wildman–Crippen MR) is 168 cm³/mol. The fraction of sp³-hybridized carbons (Fsp3) is 0.500. The van der Waals surface area contributed by atoms with Gasteiger partial charge in [0.15, 0.2) is 0 Å². The number of amides is 3. The average Bonchev–Trinajstić information content (AvgIpc) is 3.73. The lowest BCUT2D eigenvalue weighted by Crippen LogP contribution is -2.58. The molecule has 3 aliphatic rings. The standard InChI is InChI=1S/C34H43N3O7S/c1-5-25-19-34(25,31(39)36-45(41,42)27-16-11-15-26(18-27)43-22-23-12-7-6-8-13-23)35-30(38)29-21-37(32(40)44-33(2,3)4)20-24-14-9-10-17-28(24)29/h5-8,11-13,15-16,18,24-25,28-29H,1,9-10,14,17,19-22H2,2-4H3,(H,35,38)(H,36,39)/t24-,25+,28-,29+,34+/m0/s1. The summed E-state index contributed by atoms with van der Waals surface area (Å²) >= 11 is 0. The van der Waals surface area contributed by atoms with Crippen molar-refractivity contribution in [3.63, 3.8) is 0 Å². The first-order valence-corrected chi connectivity index (χ1v) is 17.1. The Kier molecular flexibility index (Phi) is 9.30. The lowest BCUT2D eigenvalue weighted by Gasteiger charge is -2.45. The van der Waals surface area contributed by atoms with Gasteiger partial charge < -0.3 is 19.7 Å². The molecule has 1 heterocycles. The monoisotopic (exact) mass is 637 g/mol. The maximum absolute atomic E-state index is 13.9. The van der Waals surface area contributed by atoms with Crippen molar-refractivity contribution in [1.82, 2.24) is 14.9 Å². The third-order valence-corrected chi connectivity index (χ3v) is 10.3. The second-order valence-electron chi connectivity index (χ2n) is 13.4. The molecule has 3 fully saturated rings. The van der Waals surface area contributed by atoms with E-state index in [0.29, 0.717) is 12.3 Å². The number of hydrogen-bond acceptors (Lipinski definition) is 7. The van der Waals surface area contributed by atoms with Crippen molar-refractivity contribution < 1.29 is 32.3 Å². The van der Waals surface area contributed by atoms with Gasteiger partial charge in [-0.1, -0.05) is 55.3 Å². The minimum absolute atomic E-state index is 0.0563. The highest BCUT2D eigenvalue weighted by atomic mass is 32.2. The minimum Gasteiger partial charge on any atom is -0.489 e. The van der Waals surface area contributed by atoms with Crippen LogP contribution in [-0.2, 0) is 31.0 Å². The molecule has 0 aromatic heterocycles. The molecule has 242 valence electrons. The normalized spacial score (nSPS) is 26.2. The van der Waals surface area contributed by atoms with E-state index < -0.39 is 45.0 Å². The van der Waals surface area contributed by atoms with Crippen LogP contribution in [0.5, 0.6) is 5.75 Å². The summed E-state index contributed by atoms with van der Waals surface area (Å²) in [6, 6.07) is 15.4. The number of ether oxygens (including phenoxy) is 2. The minimum atomic E-state index is -4.29. The second-order valence-corrected chi connectivity index (χ2v) is 15.1. The lowest BCUT2D eigenvalue weighted by molar-refractivity contribution is -0.136. The van der Waals surface area contributed by atoms with Crippen molar-refractivity contribution in [2.45, 2.75) is 75.5 Å². The van der Waals surface area contributed by atoms with Crippen LogP contribution in [0.1, 0.15) is 58.4 Å². The van der Waals surface area contributed by atoms with Crippen LogP contribution in [0.15, 0.2) is 72.1 Å². The number of carbonyl (C=O) groups excluding carboxylic acids is 3. The summed E-state index contributed by atoms with van der Waals surface area (Å²) in [4.78, 5) is 42.0. The number of benzene rings is 2. The molecular formula is C34H43N3O7S. The Balaban J connectivity index is 1.30. The van der Waals surface area contributed by atoms with Crippen LogP contribution in [0.4, 0.5) is 4.79 Å². The van der Waals surface area contributed by atoms with Gasteiger partial charge in [-0.2, -0.15) is 0 Å². The van der Waals surface area contributed by atoms with E-state index in [0.717, 1.165) is 31.2 Å². The largest absolute Gasteiger partial charge is 0.489 e. The van der Waals surface area contributed by atoms with Crippen LogP contribution in [0.2, 0.25) is 0 Å². The second kappa shape index (κ2) is 12.9. The van der Waals surface area contributed by atoms with E-state index in [4.69, 9.17) is 9.47 Å². The van der Waals surface area contributed by atoms with Gasteiger partial charge in [-0.05, 0) is 69.6 Å². The molecule has 5 rings (SSSR count). The highest BCUT2D eigenvalue weighted by Gasteiger charge is 2.61. The van der Waals surface area contributed by atoms with Crippen molar-refractivity contribution >= 4 is 27.9 Å². The van der Waals surface area contributed by atoms with Crippen LogP contribution in [0.3, 0.4) is 0 Å². The summed E-state index contributed by atoms with van der Waals surface area (Å²) in [5, 5.41) is 2.91. The van der Waals surface area contributed by atoms with Crippen LogP contribution < -0.4 is 14.8 Å². The quantitative estimate of drug-likeness (QED) is 0.378. The molecule has 2 aliphatic carbocycles. The van der Waals surface area contributed by atoms with Crippen molar-refractivity contribution in [1.29, 1.82) is 0 Å². The molecule has 0 spiro atoms. The molecule has 3 amide bonds. The molecule has 11 heteroatoms. The van der Waals surface area contributed by atoms with Crippen molar-refractivity contribution in [2.75, 3.05) is 13.1 Å². The summed E-state index contributed by atoms with van der Waals surface area (Å²) < 4.78 is 40.3. The van der Waals surface area contributed by atoms with Gasteiger partial charge in [0.2, 0.25) is 5.91 Å². The van der Waals surface area contributed by atoms with E-state index in [9.17, 15) is 22.8 Å². The average molecular weight is 638 g/mol. The number of likely N-dealkylation sites (tertiary alicyclic amines) is 1. The van der Waals surface area contributed by atoms with Gasteiger partial charge in [0.05, 0.1) is 10.8 Å². The summed E-state index contributed by atoms with van der Waals surface area (Å²) in [6.07, 6.45) is 5.09. The predicted octanol–water partition coefficient (Wildman–Crippen LogP) is 4.80. The van der Waals surface area contributed by atoms with Gasteiger partial charge in [-0.15, -0.1) is 6.58 Å². The van der Waals surface area contributed by atoms with Gasteiger partial charge in [0.25, 0.3) is 15.9 Å². The van der Waals surface area contributed by atoms with E-state index in [1.165, 1.54) is 12.1 Å². The highest BCUT2D eigenvalue weighted by Crippen LogP contribution is 2.46. The van der Waals surface area contributed by atoms with Crippen molar-refractivity contribution in [2.24, 2.45) is 23.7 Å². The number of nitrogens with one attached hydrogen (secondary N) is 2. The van der Waals surface area contributed by atoms with Crippen LogP contribution in [-0.4, -0.2) is 55.5 Å². The smallest absolute Gasteiger partial charge is 0.410 e. The van der Waals surface area contributed by atoms with Gasteiger partial charge in [0, 0.05) is 25.1 Å². The molecule has 1 aliphatic heterocycles. The lowest BCUT2D eigenvalue weighted by atomic mass is 9.69. The van der Waals surface area contributed by atoms with E-state index >= 15 is 0 Å². The molecule has 5 atom stereocenters. The third-order valence-electron chi connectivity index (χ3n) is 8.99. The molecule has 2 aromatic rings. The zero-order valence-corrected chi connectivity index (χ0v) is 27.0. The van der Waals surface area contributed by atoms with E-state index in [1.54, 1.807) is 43.9 Å². The first kappa shape index (κ1) is 32.5. The molecule has 1 saturated heterocycles. The Bertz CT molecular complexity index is 1540. The number of carbonyl (C=O) groups is 3. The van der Waals surface area contributed by atoms with Gasteiger partial charge in [-0.3, -0.25) is 9.59 Å². The van der Waals surface area contributed by atoms with Gasteiger partial charge >= 0.3 is 6.09 Å². The summed E-state index contributed by atoms with van der Waals surface area (Å²) in [7, 11) is -4.29. The maximum atomic E-state index is 13.9. The van der Waals surface area contributed by atoms with Crippen LogP contribution in [0.25, 0.3) is 0 Å². The number of piperidine rings is 1. The van der Waals surface area contributed by atoms with Crippen molar-refractivity contribution in [3.8, 4) is 5.75 Å². The first-order valence-electron chi connectivity index (χ1n) is 15.6. The number of fused-ring (bicyclic) bond motifs is 1. The number of rotatable bonds is 9. The fourth-order valence-electron chi connectivity index (χ4n) is 6.57. The summed E-state index contributed by atoms with van der Waals surface area (Å²) in [5.74, 6) is -1.65. The highest BCUT2D eigenvalue weighted by molar-refractivity contribution is 7.90. The molecule has 0 radical (unpaired) electrons. The summed E-state index contributed by atoms with van der Waals surface area (Å²) in [6.45, 7) is 10.2. The van der Waals surface area contributed by atoms with E-state index in [1.807, 2.05) is 30.3 Å². The molecule has 0 unspecified atom stereocenters. The fourth-order valence-corrected chi connectivity index (χ4v) is 7.64. The zero-order chi connectivity index (χ0) is 32.4. The van der Waals surface area contributed by atoms with Crippen molar-refractivity contribution in [3.05, 3.63) is 72.8 Å². The Hall–Kier alpha value is -3.86. The topological polar surface area (TPSA) is 131 Å². The molecular weight excluding hydrogens is 594 g/mol. The Morgan fingerprint density at radius 3 is 2.47 bits per heavy atom. The molecule has 10 nitrogen and oxygen atoms in total. The number of sulfonamides is 1. The molecule has 2 saturated carbocycles. The van der Waals surface area contributed by atoms with Crippen LogP contribution in [0, 0.1) is 23.7 Å². The van der Waals surface area contributed by atoms with E-state index in [-0.39, 0.29) is 42.2 Å². The van der Waals surface area contributed by atoms with Crippen LogP contribution >= 0.6 is 0 Å². The Labute approximate surface area is 265 Å². The van der Waals surface area contributed by atoms with Gasteiger partial charge in [0.1, 0.15) is 23.5 Å².